The van der Waals surface area contributed by atoms with E-state index in [1.54, 1.807) is 42.5 Å². The fourth-order valence-electron chi connectivity index (χ4n) is 4.21. The van der Waals surface area contributed by atoms with Crippen LogP contribution in [0.25, 0.3) is 5.65 Å². The lowest BCUT2D eigenvalue weighted by molar-refractivity contribution is -0.140. The number of alkyl halides is 3. The number of halogens is 3. The molecular weight excluding hydrogens is 419 g/mol. The third-order valence-electron chi connectivity index (χ3n) is 5.96. The second kappa shape index (κ2) is 8.54. The molecule has 1 saturated carbocycles. The van der Waals surface area contributed by atoms with E-state index in [1.807, 2.05) is 18.0 Å². The van der Waals surface area contributed by atoms with Crippen LogP contribution in [0.4, 0.5) is 19.0 Å². The molecule has 3 aromatic rings. The van der Waals surface area contributed by atoms with Crippen molar-refractivity contribution in [2.45, 2.75) is 43.9 Å². The summed E-state index contributed by atoms with van der Waals surface area (Å²) in [6.45, 7) is 0. The van der Waals surface area contributed by atoms with Crippen molar-refractivity contribution in [1.29, 1.82) is 5.26 Å². The molecule has 1 amide bonds. The number of carbonyl (C=O) groups is 1. The first kappa shape index (κ1) is 21.7. The molecule has 0 atom stereocenters. The SMILES string of the molecule is CN(c1cccc2nc(C(F)(F)F)cn12)C1CCC(NC(=O)c2cccc(C#N)c2)CC1. The molecule has 2 aromatic heterocycles. The number of nitrogens with one attached hydrogen (secondary N) is 1. The highest BCUT2D eigenvalue weighted by Crippen LogP contribution is 2.31. The molecule has 1 fully saturated rings. The zero-order valence-electron chi connectivity index (χ0n) is 17.4. The fourth-order valence-corrected chi connectivity index (χ4v) is 4.21. The summed E-state index contributed by atoms with van der Waals surface area (Å²) in [7, 11) is 1.87. The maximum atomic E-state index is 13.1. The van der Waals surface area contributed by atoms with Gasteiger partial charge in [-0.05, 0) is 56.0 Å². The van der Waals surface area contributed by atoms with Crippen LogP contribution in [0.2, 0.25) is 0 Å². The van der Waals surface area contributed by atoms with Crippen LogP contribution < -0.4 is 10.2 Å². The van der Waals surface area contributed by atoms with Crippen molar-refractivity contribution in [3.63, 3.8) is 0 Å². The summed E-state index contributed by atoms with van der Waals surface area (Å²) in [5, 5.41) is 12.0. The molecule has 1 aromatic carbocycles. The summed E-state index contributed by atoms with van der Waals surface area (Å²) in [5.41, 5.74) is 0.230. The summed E-state index contributed by atoms with van der Waals surface area (Å²) in [6, 6.07) is 13.8. The van der Waals surface area contributed by atoms with Crippen LogP contribution in [0, 0.1) is 11.3 Å². The molecule has 0 spiro atoms. The van der Waals surface area contributed by atoms with Crippen molar-refractivity contribution in [2.24, 2.45) is 0 Å². The summed E-state index contributed by atoms with van der Waals surface area (Å²) in [4.78, 5) is 18.2. The molecular formula is C23H22F3N5O. The summed E-state index contributed by atoms with van der Waals surface area (Å²) < 4.78 is 40.7. The number of benzene rings is 1. The van der Waals surface area contributed by atoms with Gasteiger partial charge in [0.15, 0.2) is 5.69 Å². The van der Waals surface area contributed by atoms with E-state index in [2.05, 4.69) is 10.3 Å². The van der Waals surface area contributed by atoms with Gasteiger partial charge >= 0.3 is 6.18 Å². The van der Waals surface area contributed by atoms with Gasteiger partial charge in [0.05, 0.1) is 11.6 Å². The van der Waals surface area contributed by atoms with Gasteiger partial charge in [-0.1, -0.05) is 12.1 Å². The van der Waals surface area contributed by atoms with E-state index in [-0.39, 0.29) is 23.6 Å². The molecule has 0 saturated heterocycles. The Morgan fingerprint density at radius 2 is 1.91 bits per heavy atom. The predicted octanol–water partition coefficient (Wildman–Crippen LogP) is 4.40. The van der Waals surface area contributed by atoms with Gasteiger partial charge in [0, 0.05) is 30.9 Å². The molecule has 1 aliphatic rings. The molecule has 6 nitrogen and oxygen atoms in total. The number of anilines is 1. The number of pyridine rings is 1. The third-order valence-corrected chi connectivity index (χ3v) is 5.96. The average Bonchev–Trinajstić information content (AvgIpc) is 3.24. The number of aromatic nitrogens is 2. The third kappa shape index (κ3) is 4.40. The summed E-state index contributed by atoms with van der Waals surface area (Å²) in [6.07, 6.45) is -0.375. The minimum atomic E-state index is -4.50. The zero-order valence-corrected chi connectivity index (χ0v) is 17.4. The molecule has 32 heavy (non-hydrogen) atoms. The quantitative estimate of drug-likeness (QED) is 0.651. The molecule has 0 radical (unpaired) electrons. The Morgan fingerprint density at radius 1 is 1.19 bits per heavy atom. The van der Waals surface area contributed by atoms with E-state index in [0.29, 0.717) is 16.9 Å². The fraction of sp³-hybridized carbons (Fsp3) is 0.348. The number of amides is 1. The van der Waals surface area contributed by atoms with E-state index in [4.69, 9.17) is 5.26 Å². The van der Waals surface area contributed by atoms with E-state index in [9.17, 15) is 18.0 Å². The maximum absolute atomic E-state index is 13.1. The first-order chi connectivity index (χ1) is 15.3. The molecule has 0 aliphatic heterocycles. The topological polar surface area (TPSA) is 73.4 Å². The molecule has 166 valence electrons. The molecule has 2 heterocycles. The van der Waals surface area contributed by atoms with Gasteiger partial charge in [0.1, 0.15) is 11.5 Å². The van der Waals surface area contributed by atoms with Crippen LogP contribution in [0.15, 0.2) is 48.7 Å². The van der Waals surface area contributed by atoms with E-state index in [1.165, 1.54) is 4.40 Å². The normalized spacial score (nSPS) is 18.8. The molecule has 9 heteroatoms. The number of nitriles is 1. The Bertz CT molecular complexity index is 1170. The average molecular weight is 441 g/mol. The van der Waals surface area contributed by atoms with E-state index in [0.717, 1.165) is 31.9 Å². The standard InChI is InChI=1S/C23H22F3N5O/c1-30(21-7-3-6-20-29-19(14-31(20)21)23(24,25)26)18-10-8-17(9-11-18)28-22(32)16-5-2-4-15(12-16)13-27/h2-7,12,14,17-18H,8-11H2,1H3,(H,28,32). The van der Waals surface area contributed by atoms with Gasteiger partial charge in [0.25, 0.3) is 5.91 Å². The summed E-state index contributed by atoms with van der Waals surface area (Å²) in [5.74, 6) is 0.438. The number of carbonyl (C=O) groups excluding carboxylic acids is 1. The van der Waals surface area contributed by atoms with Crippen LogP contribution in [-0.4, -0.2) is 34.4 Å². The van der Waals surface area contributed by atoms with Crippen LogP contribution in [0.3, 0.4) is 0 Å². The highest BCUT2D eigenvalue weighted by atomic mass is 19.4. The number of imidazole rings is 1. The minimum Gasteiger partial charge on any atom is -0.358 e. The Kier molecular flexibility index (Phi) is 5.78. The van der Waals surface area contributed by atoms with Crippen LogP contribution in [-0.2, 0) is 6.18 Å². The molecule has 1 N–H and O–H groups in total. The number of nitrogens with zero attached hydrogens (tertiary/aromatic N) is 4. The molecule has 4 rings (SSSR count). The zero-order chi connectivity index (χ0) is 22.9. The summed E-state index contributed by atoms with van der Waals surface area (Å²) >= 11 is 0. The largest absolute Gasteiger partial charge is 0.434 e. The predicted molar refractivity (Wildman–Crippen MR) is 113 cm³/mol. The minimum absolute atomic E-state index is 0.0127. The monoisotopic (exact) mass is 441 g/mol. The first-order valence-corrected chi connectivity index (χ1v) is 10.4. The van der Waals surface area contributed by atoms with Gasteiger partial charge in [0.2, 0.25) is 0 Å². The number of hydrogen-bond acceptors (Lipinski definition) is 4. The second-order valence-corrected chi connectivity index (χ2v) is 8.02. The van der Waals surface area contributed by atoms with Crippen molar-refractivity contribution >= 4 is 17.4 Å². The van der Waals surface area contributed by atoms with Crippen molar-refractivity contribution < 1.29 is 18.0 Å². The van der Waals surface area contributed by atoms with Crippen molar-refractivity contribution in [3.8, 4) is 6.07 Å². The van der Waals surface area contributed by atoms with E-state index >= 15 is 0 Å². The Morgan fingerprint density at radius 3 is 2.59 bits per heavy atom. The lowest BCUT2D eigenvalue weighted by Crippen LogP contribution is -2.43. The van der Waals surface area contributed by atoms with Crippen molar-refractivity contribution in [2.75, 3.05) is 11.9 Å². The van der Waals surface area contributed by atoms with Gasteiger partial charge in [-0.2, -0.15) is 18.4 Å². The van der Waals surface area contributed by atoms with E-state index < -0.39 is 11.9 Å². The Hall–Kier alpha value is -3.54. The molecule has 0 bridgehead atoms. The number of hydrogen-bond donors (Lipinski definition) is 1. The van der Waals surface area contributed by atoms with Crippen molar-refractivity contribution in [1.82, 2.24) is 14.7 Å². The lowest BCUT2D eigenvalue weighted by atomic mass is 9.90. The highest BCUT2D eigenvalue weighted by molar-refractivity contribution is 5.94. The van der Waals surface area contributed by atoms with Crippen LogP contribution in [0.1, 0.15) is 47.3 Å². The van der Waals surface area contributed by atoms with Crippen LogP contribution >= 0.6 is 0 Å². The molecule has 0 unspecified atom stereocenters. The lowest BCUT2D eigenvalue weighted by Gasteiger charge is -2.36. The smallest absolute Gasteiger partial charge is 0.358 e. The van der Waals surface area contributed by atoms with Crippen LogP contribution in [0.5, 0.6) is 0 Å². The highest BCUT2D eigenvalue weighted by Gasteiger charge is 2.34. The number of fused-ring (bicyclic) bond motifs is 1. The number of rotatable bonds is 4. The first-order valence-electron chi connectivity index (χ1n) is 10.4. The van der Waals surface area contributed by atoms with Gasteiger partial charge in [-0.3, -0.25) is 9.20 Å². The molecule has 1 aliphatic carbocycles. The Balaban J connectivity index is 1.41. The van der Waals surface area contributed by atoms with Gasteiger partial charge < -0.3 is 10.2 Å². The van der Waals surface area contributed by atoms with Crippen molar-refractivity contribution in [3.05, 3.63) is 65.5 Å². The maximum Gasteiger partial charge on any atom is 0.434 e. The van der Waals surface area contributed by atoms with Gasteiger partial charge in [-0.15, -0.1) is 0 Å². The Labute approximate surface area is 183 Å². The second-order valence-electron chi connectivity index (χ2n) is 8.02. The van der Waals surface area contributed by atoms with Gasteiger partial charge in [-0.25, -0.2) is 4.98 Å².